The minimum Gasteiger partial charge on any atom is -0.497 e. The van der Waals surface area contributed by atoms with Crippen LogP contribution < -0.4 is 40.5 Å². The first-order valence-electron chi connectivity index (χ1n) is 48.9. The van der Waals surface area contributed by atoms with E-state index < -0.39 is 88.4 Å². The number of allylic oxidation sites excluding steroid dienone is 2. The average molecular weight is 2080 g/mol. The molecule has 780 valence electrons. The fraction of sp³-hybridized carbons (Fsp3) is 0.363. The molecule has 4 aliphatic rings. The summed E-state index contributed by atoms with van der Waals surface area (Å²) in [5, 5.41) is 22.6. The van der Waals surface area contributed by atoms with Crippen molar-refractivity contribution in [3.8, 4) is 5.75 Å². The molecule has 35 heteroatoms. The van der Waals surface area contributed by atoms with Gasteiger partial charge in [0.15, 0.2) is 34.6 Å². The van der Waals surface area contributed by atoms with E-state index in [-0.39, 0.29) is 147 Å². The number of carbonyl (C=O) groups excluding carboxylic acids is 8. The highest BCUT2D eigenvalue weighted by Gasteiger charge is 2.44. The predicted molar refractivity (Wildman–Crippen MR) is 555 cm³/mol. The Labute approximate surface area is 864 Å². The number of benzene rings is 8. The predicted octanol–water partition coefficient (Wildman–Crippen LogP) is 20.1. The van der Waals surface area contributed by atoms with Gasteiger partial charge in [-0.3, -0.25) is 71.8 Å². The van der Waals surface area contributed by atoms with E-state index >= 15 is 0 Å². The molecule has 4 aromatic heterocycles. The number of anilines is 6. The van der Waals surface area contributed by atoms with Crippen LogP contribution in [0.4, 0.5) is 69.6 Å². The first-order valence-corrected chi connectivity index (χ1v) is 49.7. The van der Waals surface area contributed by atoms with Crippen LogP contribution in [0.1, 0.15) is 166 Å². The molecular formula is C113H122Cl2F8N14O11. The summed E-state index contributed by atoms with van der Waals surface area (Å²) in [5.41, 5.74) is 18.4. The lowest BCUT2D eigenvalue weighted by Gasteiger charge is -2.30. The normalized spacial score (nSPS) is 14.9. The number of Topliss-reactive ketones (excluding diaryl/α,β-unsaturated/α-hetero) is 4. The number of H-pyrrole nitrogens is 1. The highest BCUT2D eigenvalue weighted by Crippen LogP contribution is 2.41. The van der Waals surface area contributed by atoms with Gasteiger partial charge in [-0.1, -0.05) is 77.8 Å². The van der Waals surface area contributed by atoms with Crippen molar-refractivity contribution >= 4 is 104 Å². The molecule has 25 nitrogen and oxygen atoms in total. The fourth-order valence-corrected chi connectivity index (χ4v) is 20.0. The van der Waals surface area contributed by atoms with Gasteiger partial charge in [0.2, 0.25) is 29.6 Å². The summed E-state index contributed by atoms with van der Waals surface area (Å²) < 4.78 is 123. The number of nitrogen functional groups attached to an aromatic ring is 1. The third-order valence-electron chi connectivity index (χ3n) is 27.3. The van der Waals surface area contributed by atoms with Crippen molar-refractivity contribution in [2.45, 2.75) is 201 Å². The highest BCUT2D eigenvalue weighted by molar-refractivity contribution is 6.31. The van der Waals surface area contributed by atoms with Crippen LogP contribution >= 0.6 is 23.2 Å². The summed E-state index contributed by atoms with van der Waals surface area (Å²) >= 11 is 12.0. The largest absolute Gasteiger partial charge is 0.497 e. The minimum atomic E-state index is -4.75. The third-order valence-corrected chi connectivity index (χ3v) is 27.8. The Bertz CT molecular complexity index is 6910. The summed E-state index contributed by atoms with van der Waals surface area (Å²) in [6.07, 6.45) is 6.00. The van der Waals surface area contributed by atoms with Crippen LogP contribution in [0.5, 0.6) is 5.75 Å². The smallest absolute Gasteiger partial charge is 0.435 e. The van der Waals surface area contributed by atoms with E-state index in [0.29, 0.717) is 85.6 Å². The molecule has 8 aromatic carbocycles. The van der Waals surface area contributed by atoms with Crippen LogP contribution in [0.25, 0.3) is 0 Å². The van der Waals surface area contributed by atoms with Crippen LogP contribution in [-0.4, -0.2) is 139 Å². The number of aryl methyl sites for hydroxylation is 5. The molecule has 4 N–H and O–H groups in total. The van der Waals surface area contributed by atoms with E-state index in [1.54, 1.807) is 132 Å². The number of aliphatic hydroxyl groups is 1. The highest BCUT2D eigenvalue weighted by atomic mass is 35.5. The molecular weight excluding hydrogens is 1950 g/mol. The Morgan fingerprint density at radius 3 is 1.44 bits per heavy atom. The van der Waals surface area contributed by atoms with Crippen molar-refractivity contribution in [2.24, 2.45) is 23.7 Å². The first kappa shape index (κ1) is 111. The maximum Gasteiger partial charge on any atom is 0.435 e. The van der Waals surface area contributed by atoms with E-state index in [1.165, 1.54) is 123 Å². The Morgan fingerprint density at radius 1 is 0.520 bits per heavy atom. The van der Waals surface area contributed by atoms with Crippen molar-refractivity contribution in [3.05, 3.63) is 340 Å². The molecule has 0 radical (unpaired) electrons. The molecule has 1 aliphatic heterocycles. The molecule has 5 atom stereocenters. The second-order valence-corrected chi connectivity index (χ2v) is 40.1. The summed E-state index contributed by atoms with van der Waals surface area (Å²) in [4.78, 5) is 129. The van der Waals surface area contributed by atoms with Crippen molar-refractivity contribution in [2.75, 3.05) is 72.6 Å². The molecule has 3 aliphatic carbocycles. The summed E-state index contributed by atoms with van der Waals surface area (Å²) in [6, 6.07) is 45.8. The molecule has 4 amide bonds. The van der Waals surface area contributed by atoms with E-state index in [2.05, 4.69) is 74.2 Å². The monoisotopic (exact) mass is 2070 g/mol. The molecule has 16 rings (SSSR count). The van der Waals surface area contributed by atoms with Crippen molar-refractivity contribution in [3.63, 3.8) is 0 Å². The lowest BCUT2D eigenvalue weighted by atomic mass is 9.84. The quantitative estimate of drug-likeness (QED) is 0.0192. The minimum absolute atomic E-state index is 0.00118. The van der Waals surface area contributed by atoms with E-state index in [4.69, 9.17) is 33.7 Å². The average Bonchev–Trinajstić information content (AvgIpc) is 1.60. The second kappa shape index (κ2) is 48.6. The van der Waals surface area contributed by atoms with Crippen molar-refractivity contribution < 1.29 is 83.3 Å². The van der Waals surface area contributed by atoms with Crippen LogP contribution in [0.2, 0.25) is 10.0 Å². The number of fused-ring (bicyclic) bond motifs is 4. The number of aromatic amines is 1. The SMILES string of the molecule is C=C(C[C@@H](Cc1cc(F)cc(F)c1)C(=C)N(C)c1ccc(C)cc1)Cn1ncc2c1CCCC2.COc1ccc(N(C)C(=O)[C@@H](CC(=O)Cn2nc(C(F)(F)F)c3c2CCC(C)(O)C3)Cc2cc(C)cc(F)c2)cc1.Cc1cc(F)cc(C[C@H](CC(=O)Cn2[nH]c(=O)c3c2CCCC3)C(=O)N(C)c2ccc(Cl)cc2)c1.Cc1cc(F)cc(C[C@H](CC(=O)Cn2c(N)nc3c2C(=O)CC(=O)N3C)C(=O)N(C)c2ccc(Cl)cc2)c1. The van der Waals surface area contributed by atoms with E-state index in [0.717, 1.165) is 83.1 Å². The summed E-state index contributed by atoms with van der Waals surface area (Å²) in [7, 11) is 9.79. The van der Waals surface area contributed by atoms with Gasteiger partial charge in [-0.25, -0.2) is 22.0 Å². The number of carbonyl (C=O) groups is 8. The molecule has 12 aromatic rings. The standard InChI is InChI=1S/C30H33F4N3O4.C29H33F2N3.C27H27ClFN5O4.C27H29ClFN3O3/c1-18-11-19(14-21(31)12-18)13-20(28(39)36(3)22-5-7-24(41-4)8-6-22)15-23(38)17-37-26-9-10-29(2,40)16-25(26)27(35-37)30(32,33)34;1-20-9-11-28(12-10-20)33(4)22(3)25(14-23-15-26(30)17-27(31)16-23)13-21(2)19-34-29-8-6-5-7-24(29)18-32-34;1-15-8-16(11-19(29)9-15)10-17(26(38)32(2)20-6-4-18(28)5-7-20)12-21(35)14-34-24-22(36)13-23(37)33(3)25(24)31-27(34)30;1-17-11-18(14-21(29)12-17)13-19(27(35)31(2)22-9-7-20(28)8-10-22)15-23(33)16-32-25-6-4-3-5-24(25)26(34)30-32/h5-8,11-12,14,20,40H,9-10,13,15-17H2,1-4H3;9-12,15-18,25H,2-3,5-8,13-14,19H2,1,4H3;4-9,11,17H,10,12-14H2,1-3H3,(H2,30,31);7-12,14,19H,3-6,13,15-16H2,1-2H3,(H,30,34)/t20-,29?;25-;17-;19-/m1011/s1. The van der Waals surface area contributed by atoms with Crippen LogP contribution in [0.3, 0.4) is 0 Å². The lowest BCUT2D eigenvalue weighted by Crippen LogP contribution is -2.36. The molecule has 1 unspecified atom stereocenters. The second-order valence-electron chi connectivity index (χ2n) is 39.2. The van der Waals surface area contributed by atoms with Crippen LogP contribution in [0, 0.1) is 80.5 Å². The number of halogens is 10. The summed E-state index contributed by atoms with van der Waals surface area (Å²) in [6.45, 7) is 17.4. The summed E-state index contributed by atoms with van der Waals surface area (Å²) in [5.74, 6) is -7.21. The fourth-order valence-electron chi connectivity index (χ4n) is 19.7. The number of hydrogen-bond acceptors (Lipinski definition) is 16. The molecule has 148 heavy (non-hydrogen) atoms. The zero-order valence-corrected chi connectivity index (χ0v) is 86.2. The third kappa shape index (κ3) is 28.8. The molecule has 0 fully saturated rings. The Hall–Kier alpha value is -14.2. The van der Waals surface area contributed by atoms with Gasteiger partial charge >= 0.3 is 6.18 Å². The molecule has 0 saturated heterocycles. The number of alkyl halides is 3. The Balaban J connectivity index is 0.000000165. The van der Waals surface area contributed by atoms with E-state index in [1.807, 2.05) is 19.3 Å². The Kier molecular flexibility index (Phi) is 36.5. The Morgan fingerprint density at radius 2 is 0.953 bits per heavy atom. The van der Waals surface area contributed by atoms with Crippen LogP contribution in [0.15, 0.2) is 205 Å². The molecule has 0 bridgehead atoms. The lowest BCUT2D eigenvalue weighted by molar-refractivity contribution is -0.142. The van der Waals surface area contributed by atoms with E-state index in [9.17, 15) is 83.4 Å². The van der Waals surface area contributed by atoms with Crippen molar-refractivity contribution in [1.82, 2.24) is 38.9 Å². The topological polar surface area (TPSA) is 299 Å². The van der Waals surface area contributed by atoms with Gasteiger partial charge in [0.05, 0.1) is 51.5 Å². The number of hydrogen-bond donors (Lipinski definition) is 3. The number of imidazole rings is 1. The number of nitrogens with two attached hydrogens (primary N) is 1. The van der Waals surface area contributed by atoms with Crippen molar-refractivity contribution in [1.29, 1.82) is 0 Å². The maximum absolute atomic E-state index is 14.1. The van der Waals surface area contributed by atoms with Gasteiger partial charge in [-0.05, 0) is 309 Å². The number of methoxy groups -OCH3 is 1. The zero-order valence-electron chi connectivity index (χ0n) is 84.7. The van der Waals surface area contributed by atoms with Gasteiger partial charge in [-0.2, -0.15) is 28.4 Å². The molecule has 5 heterocycles. The van der Waals surface area contributed by atoms with Gasteiger partial charge in [-0.15, -0.1) is 0 Å². The molecule has 0 spiro atoms. The number of nitrogens with zero attached hydrogens (tertiary/aromatic N) is 12. The number of amides is 4. The zero-order chi connectivity index (χ0) is 107. The number of aromatic nitrogens is 8. The number of ketones is 4. The first-order chi connectivity index (χ1) is 70.1. The number of ether oxygens (including phenoxy) is 1. The number of rotatable bonds is 34. The molecule has 0 saturated carbocycles. The van der Waals surface area contributed by atoms with Gasteiger partial charge < -0.3 is 35.2 Å². The van der Waals surface area contributed by atoms with Crippen LogP contribution in [-0.2, 0) is 130 Å². The maximum atomic E-state index is 14.1. The van der Waals surface area contributed by atoms with Gasteiger partial charge in [0.1, 0.15) is 40.5 Å². The number of nitrogens with one attached hydrogen (secondary N) is 1. The van der Waals surface area contributed by atoms with Gasteiger partial charge in [0.25, 0.3) is 5.56 Å². The van der Waals surface area contributed by atoms with Gasteiger partial charge in [0, 0.05) is 157 Å².